The third-order valence-corrected chi connectivity index (χ3v) is 3.57. The first-order valence-electron chi connectivity index (χ1n) is 4.70. The van der Waals surface area contributed by atoms with Gasteiger partial charge in [-0.25, -0.2) is 0 Å². The van der Waals surface area contributed by atoms with Crippen LogP contribution in [-0.4, -0.2) is 0 Å². The SMILES string of the molecule is Cc1ccc(C(N)C2CC2)cc1Br. The fourth-order valence-electron chi connectivity index (χ4n) is 1.54. The topological polar surface area (TPSA) is 26.0 Å². The average molecular weight is 240 g/mol. The molecule has 2 heteroatoms. The van der Waals surface area contributed by atoms with Crippen LogP contribution in [0.3, 0.4) is 0 Å². The van der Waals surface area contributed by atoms with Crippen LogP contribution < -0.4 is 5.73 Å². The fourth-order valence-corrected chi connectivity index (χ4v) is 1.94. The first-order valence-corrected chi connectivity index (χ1v) is 5.49. The summed E-state index contributed by atoms with van der Waals surface area (Å²) < 4.78 is 1.17. The second-order valence-electron chi connectivity index (χ2n) is 3.87. The summed E-state index contributed by atoms with van der Waals surface area (Å²) >= 11 is 3.53. The maximum absolute atomic E-state index is 6.10. The van der Waals surface area contributed by atoms with Crippen molar-refractivity contribution in [3.05, 3.63) is 33.8 Å². The van der Waals surface area contributed by atoms with Crippen molar-refractivity contribution in [1.82, 2.24) is 0 Å². The molecule has 2 N–H and O–H groups in total. The zero-order valence-electron chi connectivity index (χ0n) is 7.76. The van der Waals surface area contributed by atoms with Crippen LogP contribution in [0.5, 0.6) is 0 Å². The maximum Gasteiger partial charge on any atom is 0.0323 e. The summed E-state index contributed by atoms with van der Waals surface area (Å²) in [7, 11) is 0. The van der Waals surface area contributed by atoms with Crippen molar-refractivity contribution in [1.29, 1.82) is 0 Å². The summed E-state index contributed by atoms with van der Waals surface area (Å²) in [6, 6.07) is 6.67. The van der Waals surface area contributed by atoms with E-state index in [1.54, 1.807) is 0 Å². The number of hydrogen-bond acceptors (Lipinski definition) is 1. The van der Waals surface area contributed by atoms with E-state index < -0.39 is 0 Å². The van der Waals surface area contributed by atoms with E-state index in [0.29, 0.717) is 0 Å². The molecular formula is C11H14BrN. The van der Waals surface area contributed by atoms with Crippen LogP contribution in [0.15, 0.2) is 22.7 Å². The molecule has 1 unspecified atom stereocenters. The number of halogens is 1. The van der Waals surface area contributed by atoms with Gasteiger partial charge in [-0.15, -0.1) is 0 Å². The van der Waals surface area contributed by atoms with Gasteiger partial charge in [-0.3, -0.25) is 0 Å². The van der Waals surface area contributed by atoms with Gasteiger partial charge in [0.15, 0.2) is 0 Å². The van der Waals surface area contributed by atoms with Gasteiger partial charge in [-0.2, -0.15) is 0 Å². The first kappa shape index (κ1) is 9.22. The van der Waals surface area contributed by atoms with Crippen LogP contribution in [-0.2, 0) is 0 Å². The normalized spacial score (nSPS) is 18.7. The first-order chi connectivity index (χ1) is 6.18. The molecule has 2 rings (SSSR count). The van der Waals surface area contributed by atoms with E-state index in [0.717, 1.165) is 5.92 Å². The molecule has 0 radical (unpaired) electrons. The zero-order valence-corrected chi connectivity index (χ0v) is 9.34. The van der Waals surface area contributed by atoms with Gasteiger partial charge in [0, 0.05) is 10.5 Å². The lowest BCUT2D eigenvalue weighted by Crippen LogP contribution is -2.12. The van der Waals surface area contributed by atoms with Crippen molar-refractivity contribution in [2.45, 2.75) is 25.8 Å². The monoisotopic (exact) mass is 239 g/mol. The largest absolute Gasteiger partial charge is 0.324 e. The van der Waals surface area contributed by atoms with Crippen molar-refractivity contribution in [2.24, 2.45) is 11.7 Å². The summed E-state index contributed by atoms with van der Waals surface area (Å²) in [5.74, 6) is 0.731. The van der Waals surface area contributed by atoms with Gasteiger partial charge < -0.3 is 5.73 Å². The Kier molecular flexibility index (Phi) is 2.43. The van der Waals surface area contributed by atoms with Crippen molar-refractivity contribution < 1.29 is 0 Å². The highest BCUT2D eigenvalue weighted by atomic mass is 79.9. The molecule has 1 atom stereocenters. The summed E-state index contributed by atoms with van der Waals surface area (Å²) in [6.45, 7) is 2.09. The minimum atomic E-state index is 0.247. The van der Waals surface area contributed by atoms with E-state index in [9.17, 15) is 0 Å². The van der Waals surface area contributed by atoms with Crippen molar-refractivity contribution >= 4 is 15.9 Å². The second kappa shape index (κ2) is 3.43. The Morgan fingerprint density at radius 2 is 2.15 bits per heavy atom. The molecule has 1 aliphatic carbocycles. The number of nitrogens with two attached hydrogens (primary N) is 1. The van der Waals surface area contributed by atoms with Crippen molar-refractivity contribution in [3.8, 4) is 0 Å². The van der Waals surface area contributed by atoms with Crippen molar-refractivity contribution in [3.63, 3.8) is 0 Å². The Bertz CT molecular complexity index is 318. The van der Waals surface area contributed by atoms with E-state index in [1.807, 2.05) is 0 Å². The van der Waals surface area contributed by atoms with Crippen LogP contribution in [0.25, 0.3) is 0 Å². The van der Waals surface area contributed by atoms with Gasteiger partial charge >= 0.3 is 0 Å². The molecular weight excluding hydrogens is 226 g/mol. The molecule has 1 aromatic carbocycles. The van der Waals surface area contributed by atoms with Gasteiger partial charge in [-0.05, 0) is 42.9 Å². The van der Waals surface area contributed by atoms with Gasteiger partial charge in [0.2, 0.25) is 0 Å². The molecule has 1 fully saturated rings. The highest BCUT2D eigenvalue weighted by molar-refractivity contribution is 9.10. The standard InChI is InChI=1S/C11H14BrN/c1-7-2-3-9(6-10(7)12)11(13)8-4-5-8/h2-3,6,8,11H,4-5,13H2,1H3. The highest BCUT2D eigenvalue weighted by Crippen LogP contribution is 2.39. The van der Waals surface area contributed by atoms with E-state index in [-0.39, 0.29) is 6.04 Å². The Balaban J connectivity index is 2.24. The van der Waals surface area contributed by atoms with Crippen LogP contribution in [0.1, 0.15) is 30.0 Å². The third kappa shape index (κ3) is 1.94. The molecule has 1 nitrogen and oxygen atoms in total. The minimum absolute atomic E-state index is 0.247. The molecule has 0 saturated heterocycles. The minimum Gasteiger partial charge on any atom is -0.324 e. The van der Waals surface area contributed by atoms with Gasteiger partial charge in [0.25, 0.3) is 0 Å². The van der Waals surface area contributed by atoms with Crippen molar-refractivity contribution in [2.75, 3.05) is 0 Å². The molecule has 1 saturated carbocycles. The van der Waals surface area contributed by atoms with Gasteiger partial charge in [0.05, 0.1) is 0 Å². The molecule has 0 spiro atoms. The zero-order chi connectivity index (χ0) is 9.42. The van der Waals surface area contributed by atoms with Gasteiger partial charge in [0.1, 0.15) is 0 Å². The molecule has 0 bridgehead atoms. The number of aryl methyl sites for hydroxylation is 1. The predicted molar refractivity (Wildman–Crippen MR) is 58.5 cm³/mol. The van der Waals surface area contributed by atoms with Crippen LogP contribution in [0.2, 0.25) is 0 Å². The van der Waals surface area contributed by atoms with E-state index in [2.05, 4.69) is 41.1 Å². The Morgan fingerprint density at radius 3 is 2.69 bits per heavy atom. The average Bonchev–Trinajstić information content (AvgIpc) is 2.91. The van der Waals surface area contributed by atoms with E-state index in [1.165, 1.54) is 28.4 Å². The fraction of sp³-hybridized carbons (Fsp3) is 0.455. The lowest BCUT2D eigenvalue weighted by Gasteiger charge is -2.11. The number of hydrogen-bond donors (Lipinski definition) is 1. The highest BCUT2D eigenvalue weighted by Gasteiger charge is 2.29. The lowest BCUT2D eigenvalue weighted by molar-refractivity contribution is 0.633. The maximum atomic E-state index is 6.10. The molecule has 0 aromatic heterocycles. The lowest BCUT2D eigenvalue weighted by atomic mass is 10.0. The predicted octanol–water partition coefficient (Wildman–Crippen LogP) is 3.17. The van der Waals surface area contributed by atoms with Crippen LogP contribution >= 0.6 is 15.9 Å². The Morgan fingerprint density at radius 1 is 1.46 bits per heavy atom. The number of rotatable bonds is 2. The summed E-state index contributed by atoms with van der Waals surface area (Å²) in [5, 5.41) is 0. The van der Waals surface area contributed by atoms with E-state index in [4.69, 9.17) is 5.73 Å². The van der Waals surface area contributed by atoms with Crippen LogP contribution in [0.4, 0.5) is 0 Å². The summed E-state index contributed by atoms with van der Waals surface area (Å²) in [5.41, 5.74) is 8.63. The van der Waals surface area contributed by atoms with Gasteiger partial charge in [-0.1, -0.05) is 28.1 Å². The third-order valence-electron chi connectivity index (χ3n) is 2.71. The molecule has 0 amide bonds. The molecule has 70 valence electrons. The second-order valence-corrected chi connectivity index (χ2v) is 4.73. The number of benzene rings is 1. The smallest absolute Gasteiger partial charge is 0.0323 e. The summed E-state index contributed by atoms with van der Waals surface area (Å²) in [6.07, 6.45) is 2.60. The molecule has 13 heavy (non-hydrogen) atoms. The molecule has 0 aliphatic heterocycles. The molecule has 1 aromatic rings. The van der Waals surface area contributed by atoms with Crippen LogP contribution in [0, 0.1) is 12.8 Å². The quantitative estimate of drug-likeness (QED) is 0.844. The molecule has 1 aliphatic rings. The Labute approximate surface area is 87.5 Å². The Hall–Kier alpha value is -0.340. The molecule has 0 heterocycles. The van der Waals surface area contributed by atoms with E-state index >= 15 is 0 Å². The summed E-state index contributed by atoms with van der Waals surface area (Å²) in [4.78, 5) is 0.